The molecule has 64 heavy (non-hydrogen) atoms. The number of para-hydroxylation sites is 1. The van der Waals surface area contributed by atoms with E-state index in [4.69, 9.17) is 0 Å². The molecule has 2 nitrogen and oxygen atoms in total. The number of benzene rings is 8. The average molecular weight is 827 g/mol. The quantitative estimate of drug-likeness (QED) is 0.160. The zero-order chi connectivity index (χ0) is 44.1. The standard InChI is InChI=1S/C61H55BN2/c1-58(2,3)38-19-18-20-41(33-38)64-54-34-39(59(4,5)6)29-32-52(54)62-51-27-16-17-28-53(51)63(55-35-40(60(7,8)9)36-56(64)57(55)62)42-30-31-50-46(37-42)45-23-12-15-26-49(45)61(50)47-24-13-10-21-43(47)44-22-11-14-25-48(44)61/h10-37H,1-9H3. The first kappa shape index (κ1) is 39.0. The molecule has 3 heteroatoms. The summed E-state index contributed by atoms with van der Waals surface area (Å²) in [6.07, 6.45) is 0. The molecule has 0 N–H and O–H groups in total. The van der Waals surface area contributed by atoms with Crippen molar-refractivity contribution in [3.05, 3.63) is 209 Å². The Morgan fingerprint density at radius 3 is 1.42 bits per heavy atom. The van der Waals surface area contributed by atoms with E-state index in [1.54, 1.807) is 0 Å². The van der Waals surface area contributed by atoms with E-state index in [1.165, 1.54) is 112 Å². The van der Waals surface area contributed by atoms with Crippen LogP contribution in [0.3, 0.4) is 0 Å². The molecule has 12 rings (SSSR count). The highest BCUT2D eigenvalue weighted by atomic mass is 15.2. The number of anilines is 6. The van der Waals surface area contributed by atoms with E-state index >= 15 is 0 Å². The van der Waals surface area contributed by atoms with Crippen molar-refractivity contribution in [2.24, 2.45) is 0 Å². The SMILES string of the molecule is CC(C)(C)c1cccc(N2c3cc(C(C)(C)C)ccc3B3c4ccccc4N(c4ccc5c(c4)-c4ccccc4C54c5ccccc5-c5ccccc54)c4cc(C(C)(C)C)cc2c43)c1. The van der Waals surface area contributed by atoms with Gasteiger partial charge in [0, 0.05) is 34.1 Å². The molecule has 2 aliphatic carbocycles. The first-order valence-electron chi connectivity index (χ1n) is 23.2. The molecule has 1 spiro atoms. The summed E-state index contributed by atoms with van der Waals surface area (Å²) >= 11 is 0. The first-order chi connectivity index (χ1) is 30.7. The van der Waals surface area contributed by atoms with Crippen LogP contribution in [0.1, 0.15) is 101 Å². The largest absolute Gasteiger partial charge is 0.311 e. The zero-order valence-corrected chi connectivity index (χ0v) is 38.6. The van der Waals surface area contributed by atoms with Crippen molar-refractivity contribution in [3.8, 4) is 22.3 Å². The van der Waals surface area contributed by atoms with Crippen molar-refractivity contribution in [2.75, 3.05) is 9.80 Å². The second kappa shape index (κ2) is 13.2. The molecule has 2 heterocycles. The van der Waals surface area contributed by atoms with E-state index in [2.05, 4.69) is 242 Å². The van der Waals surface area contributed by atoms with E-state index in [-0.39, 0.29) is 28.4 Å². The summed E-state index contributed by atoms with van der Waals surface area (Å²) in [5.74, 6) is 0. The molecule has 0 aromatic heterocycles. The van der Waals surface area contributed by atoms with Crippen LogP contribution in [0.15, 0.2) is 170 Å². The maximum atomic E-state index is 2.61. The molecule has 0 bridgehead atoms. The predicted molar refractivity (Wildman–Crippen MR) is 273 cm³/mol. The summed E-state index contributed by atoms with van der Waals surface area (Å²) in [6, 6.07) is 65.6. The lowest BCUT2D eigenvalue weighted by molar-refractivity contribution is 0.590. The highest BCUT2D eigenvalue weighted by Gasteiger charge is 2.52. The van der Waals surface area contributed by atoms with Gasteiger partial charge in [0.25, 0.3) is 6.71 Å². The van der Waals surface area contributed by atoms with Gasteiger partial charge in [-0.05, 0) is 142 Å². The molecule has 0 amide bonds. The van der Waals surface area contributed by atoms with Gasteiger partial charge in [-0.3, -0.25) is 0 Å². The molecule has 0 radical (unpaired) electrons. The van der Waals surface area contributed by atoms with Crippen molar-refractivity contribution in [1.29, 1.82) is 0 Å². The lowest BCUT2D eigenvalue weighted by atomic mass is 9.33. The normalized spacial score (nSPS) is 15.0. The van der Waals surface area contributed by atoms with Crippen LogP contribution in [0.5, 0.6) is 0 Å². The Kier molecular flexibility index (Phi) is 8.08. The Morgan fingerprint density at radius 1 is 0.344 bits per heavy atom. The third-order valence-corrected chi connectivity index (χ3v) is 14.9. The molecular formula is C61H55BN2. The van der Waals surface area contributed by atoms with Gasteiger partial charge in [0.15, 0.2) is 0 Å². The van der Waals surface area contributed by atoms with Gasteiger partial charge in [-0.1, -0.05) is 184 Å². The number of rotatable bonds is 2. The summed E-state index contributed by atoms with van der Waals surface area (Å²) in [5.41, 5.74) is 25.7. The Hall–Kier alpha value is -6.58. The second-order valence-corrected chi connectivity index (χ2v) is 21.8. The predicted octanol–water partition coefficient (Wildman–Crippen LogP) is 14.0. The molecule has 0 fully saturated rings. The van der Waals surface area contributed by atoms with E-state index in [9.17, 15) is 0 Å². The van der Waals surface area contributed by atoms with Crippen LogP contribution in [-0.4, -0.2) is 6.71 Å². The minimum absolute atomic E-state index is 0.000264. The molecule has 312 valence electrons. The monoisotopic (exact) mass is 826 g/mol. The van der Waals surface area contributed by atoms with Crippen molar-refractivity contribution in [2.45, 2.75) is 84.0 Å². The van der Waals surface area contributed by atoms with Crippen LogP contribution < -0.4 is 26.2 Å². The van der Waals surface area contributed by atoms with Crippen LogP contribution >= 0.6 is 0 Å². The average Bonchev–Trinajstić information content (AvgIpc) is 3.75. The van der Waals surface area contributed by atoms with Gasteiger partial charge in [-0.25, -0.2) is 0 Å². The van der Waals surface area contributed by atoms with Crippen molar-refractivity contribution >= 4 is 57.2 Å². The van der Waals surface area contributed by atoms with Gasteiger partial charge >= 0.3 is 0 Å². The third kappa shape index (κ3) is 5.33. The molecule has 8 aromatic carbocycles. The number of fused-ring (bicyclic) bond motifs is 14. The van der Waals surface area contributed by atoms with Crippen LogP contribution in [0.25, 0.3) is 22.3 Å². The lowest BCUT2D eigenvalue weighted by Crippen LogP contribution is -2.61. The summed E-state index contributed by atoms with van der Waals surface area (Å²) in [5, 5.41) is 0. The highest BCUT2D eigenvalue weighted by molar-refractivity contribution is 7.00. The Morgan fingerprint density at radius 2 is 0.812 bits per heavy atom. The van der Waals surface area contributed by atoms with Gasteiger partial charge in [0.1, 0.15) is 0 Å². The molecule has 0 atom stereocenters. The van der Waals surface area contributed by atoms with E-state index in [1.807, 2.05) is 0 Å². The molecule has 2 aliphatic heterocycles. The number of hydrogen-bond acceptors (Lipinski definition) is 2. The fourth-order valence-electron chi connectivity index (χ4n) is 11.7. The summed E-state index contributed by atoms with van der Waals surface area (Å²) in [6.45, 7) is 21.1. The van der Waals surface area contributed by atoms with Gasteiger partial charge in [0.05, 0.1) is 5.41 Å². The van der Waals surface area contributed by atoms with Crippen molar-refractivity contribution in [3.63, 3.8) is 0 Å². The molecule has 0 saturated carbocycles. The fraction of sp³-hybridized carbons (Fsp3) is 0.213. The summed E-state index contributed by atoms with van der Waals surface area (Å²) in [4.78, 5) is 5.21. The van der Waals surface area contributed by atoms with E-state index in [0.29, 0.717) is 0 Å². The van der Waals surface area contributed by atoms with Crippen LogP contribution in [0, 0.1) is 0 Å². The molecule has 8 aromatic rings. The van der Waals surface area contributed by atoms with E-state index < -0.39 is 0 Å². The second-order valence-electron chi connectivity index (χ2n) is 21.8. The van der Waals surface area contributed by atoms with Crippen molar-refractivity contribution < 1.29 is 0 Å². The fourth-order valence-corrected chi connectivity index (χ4v) is 11.7. The minimum Gasteiger partial charge on any atom is -0.311 e. The Bertz CT molecular complexity index is 3210. The molecule has 0 saturated heterocycles. The Labute approximate surface area is 380 Å². The molecule has 0 unspecified atom stereocenters. The van der Waals surface area contributed by atoms with Gasteiger partial charge in [-0.15, -0.1) is 0 Å². The van der Waals surface area contributed by atoms with Gasteiger partial charge < -0.3 is 9.80 Å². The van der Waals surface area contributed by atoms with Gasteiger partial charge in [-0.2, -0.15) is 0 Å². The Balaban J connectivity index is 1.15. The topological polar surface area (TPSA) is 6.48 Å². The summed E-state index contributed by atoms with van der Waals surface area (Å²) in [7, 11) is 0. The lowest BCUT2D eigenvalue weighted by Gasteiger charge is -2.45. The van der Waals surface area contributed by atoms with Gasteiger partial charge in [0.2, 0.25) is 0 Å². The number of nitrogens with zero attached hydrogens (tertiary/aromatic N) is 2. The molecular weight excluding hydrogens is 771 g/mol. The maximum absolute atomic E-state index is 2.61. The summed E-state index contributed by atoms with van der Waals surface area (Å²) < 4.78 is 0. The van der Waals surface area contributed by atoms with E-state index in [0.717, 1.165) is 0 Å². The minimum atomic E-state index is -0.383. The van der Waals surface area contributed by atoms with Crippen molar-refractivity contribution in [1.82, 2.24) is 0 Å². The highest BCUT2D eigenvalue weighted by Crippen LogP contribution is 2.63. The van der Waals surface area contributed by atoms with Crippen LogP contribution in [-0.2, 0) is 21.7 Å². The smallest absolute Gasteiger partial charge is 0.252 e. The van der Waals surface area contributed by atoms with Crippen LogP contribution in [0.2, 0.25) is 0 Å². The molecule has 4 aliphatic rings. The zero-order valence-electron chi connectivity index (χ0n) is 38.6. The van der Waals surface area contributed by atoms with Crippen LogP contribution in [0.4, 0.5) is 34.1 Å². The maximum Gasteiger partial charge on any atom is 0.252 e. The first-order valence-corrected chi connectivity index (χ1v) is 23.2. The third-order valence-electron chi connectivity index (χ3n) is 14.9. The number of hydrogen-bond donors (Lipinski definition) is 0.